The Hall–Kier alpha value is -2.77. The fourth-order valence-corrected chi connectivity index (χ4v) is 3.83. The van der Waals surface area contributed by atoms with Gasteiger partial charge in [-0.25, -0.2) is 13.8 Å². The van der Waals surface area contributed by atoms with Crippen molar-refractivity contribution in [2.45, 2.75) is 25.1 Å². The van der Waals surface area contributed by atoms with Crippen LogP contribution in [0.5, 0.6) is 0 Å². The van der Waals surface area contributed by atoms with Crippen LogP contribution in [-0.4, -0.2) is 41.1 Å². The molecule has 0 atom stereocenters. The molecule has 1 N–H and O–H groups in total. The first-order valence-corrected chi connectivity index (χ1v) is 10.5. The smallest absolute Gasteiger partial charge is 0.253 e. The van der Waals surface area contributed by atoms with Crippen molar-refractivity contribution in [3.63, 3.8) is 0 Å². The van der Waals surface area contributed by atoms with Crippen molar-refractivity contribution >= 4 is 17.5 Å². The molecule has 1 aliphatic rings. The number of hydrogen-bond acceptors (Lipinski definition) is 4. The number of rotatable bonds is 6. The zero-order valence-electron chi connectivity index (χ0n) is 16.8. The first kappa shape index (κ1) is 21.5. The van der Waals surface area contributed by atoms with Crippen molar-refractivity contribution in [3.05, 3.63) is 76.9 Å². The molecule has 3 aromatic rings. The molecule has 3 heterocycles. The minimum Gasteiger partial charge on any atom is -0.463 e. The van der Waals surface area contributed by atoms with Gasteiger partial charge in [-0.15, -0.1) is 0 Å². The summed E-state index contributed by atoms with van der Waals surface area (Å²) in [5.41, 5.74) is 0.416. The van der Waals surface area contributed by atoms with E-state index in [0.717, 1.165) is 17.5 Å². The number of likely N-dealkylation sites (tertiary alicyclic amines) is 1. The van der Waals surface area contributed by atoms with E-state index in [2.05, 4.69) is 10.3 Å². The maximum absolute atomic E-state index is 15.2. The van der Waals surface area contributed by atoms with Gasteiger partial charge >= 0.3 is 0 Å². The lowest BCUT2D eigenvalue weighted by molar-refractivity contribution is 0.0434. The van der Waals surface area contributed by atoms with Gasteiger partial charge in [0.1, 0.15) is 17.2 Å². The third-order valence-corrected chi connectivity index (χ3v) is 5.73. The minimum atomic E-state index is -1.41. The summed E-state index contributed by atoms with van der Waals surface area (Å²) in [4.78, 5) is 18.7. The average Bonchev–Trinajstić information content (AvgIpc) is 3.31. The summed E-state index contributed by atoms with van der Waals surface area (Å²) in [6, 6.07) is 13.1. The number of alkyl halides is 1. The first-order chi connectivity index (χ1) is 14.9. The van der Waals surface area contributed by atoms with Gasteiger partial charge in [-0.1, -0.05) is 17.7 Å². The number of amides is 1. The van der Waals surface area contributed by atoms with Crippen molar-refractivity contribution in [3.8, 4) is 11.5 Å². The number of furan rings is 1. The van der Waals surface area contributed by atoms with Crippen molar-refractivity contribution in [2.75, 3.05) is 19.6 Å². The number of hydrogen-bond donors (Lipinski definition) is 1. The quantitative estimate of drug-likeness (QED) is 0.588. The summed E-state index contributed by atoms with van der Waals surface area (Å²) in [5, 5.41) is 3.04. The molecule has 31 heavy (non-hydrogen) atoms. The number of pyridine rings is 1. The number of nitrogens with zero attached hydrogens (tertiary/aromatic N) is 2. The topological polar surface area (TPSA) is 58.4 Å². The minimum absolute atomic E-state index is 0.100. The molecule has 1 aliphatic heterocycles. The molecule has 1 aromatic carbocycles. The third-order valence-electron chi connectivity index (χ3n) is 5.44. The van der Waals surface area contributed by atoms with Crippen LogP contribution in [0.3, 0.4) is 0 Å². The Labute approximate surface area is 184 Å². The van der Waals surface area contributed by atoms with Crippen molar-refractivity contribution in [2.24, 2.45) is 0 Å². The van der Waals surface area contributed by atoms with E-state index in [1.807, 2.05) is 24.3 Å². The molecule has 0 aliphatic carbocycles. The fraction of sp³-hybridized carbons (Fsp3) is 0.304. The molecule has 1 amide bonds. The van der Waals surface area contributed by atoms with E-state index in [-0.39, 0.29) is 43.4 Å². The van der Waals surface area contributed by atoms with Crippen LogP contribution in [-0.2, 0) is 6.54 Å². The fourth-order valence-electron chi connectivity index (χ4n) is 3.65. The second-order valence-electron chi connectivity index (χ2n) is 7.67. The standard InChI is InChI=1S/C23H22ClF2N3O2/c24-18-13-16(6-7-19(18)25)22(30)29-10-8-23(26,9-11-29)15-27-14-17-3-1-4-20(28-17)21-5-2-12-31-21/h1-7,12-13,27H,8-11,14-15H2. The average molecular weight is 446 g/mol. The summed E-state index contributed by atoms with van der Waals surface area (Å²) >= 11 is 5.76. The lowest BCUT2D eigenvalue weighted by Crippen LogP contribution is -2.48. The van der Waals surface area contributed by atoms with Gasteiger partial charge in [-0.05, 0) is 42.5 Å². The van der Waals surface area contributed by atoms with Crippen molar-refractivity contribution in [1.82, 2.24) is 15.2 Å². The molecule has 8 heteroatoms. The Morgan fingerprint density at radius 2 is 2.00 bits per heavy atom. The molecule has 5 nitrogen and oxygen atoms in total. The monoisotopic (exact) mass is 445 g/mol. The predicted octanol–water partition coefficient (Wildman–Crippen LogP) is 4.87. The van der Waals surface area contributed by atoms with Gasteiger partial charge in [0.15, 0.2) is 5.76 Å². The van der Waals surface area contributed by atoms with Gasteiger partial charge in [0.25, 0.3) is 5.91 Å². The Morgan fingerprint density at radius 3 is 2.71 bits per heavy atom. The molecule has 1 saturated heterocycles. The second-order valence-corrected chi connectivity index (χ2v) is 8.07. The molecular weight excluding hydrogens is 424 g/mol. The number of carbonyl (C=O) groups is 1. The normalized spacial score (nSPS) is 15.8. The van der Waals surface area contributed by atoms with E-state index in [0.29, 0.717) is 17.9 Å². The van der Waals surface area contributed by atoms with Gasteiger partial charge in [-0.3, -0.25) is 4.79 Å². The van der Waals surface area contributed by atoms with Gasteiger partial charge in [0, 0.05) is 44.6 Å². The molecule has 4 rings (SSSR count). The number of piperidine rings is 1. The van der Waals surface area contributed by atoms with Gasteiger partial charge in [0.05, 0.1) is 17.0 Å². The maximum atomic E-state index is 15.2. The Balaban J connectivity index is 1.28. The summed E-state index contributed by atoms with van der Waals surface area (Å²) in [6.45, 7) is 1.18. The molecule has 0 saturated carbocycles. The number of halogens is 3. The van der Waals surface area contributed by atoms with Crippen LogP contribution in [0.4, 0.5) is 8.78 Å². The summed E-state index contributed by atoms with van der Waals surface area (Å²) in [6.07, 6.45) is 2.04. The predicted molar refractivity (Wildman–Crippen MR) is 114 cm³/mol. The number of benzene rings is 1. The van der Waals surface area contributed by atoms with Gasteiger partial charge < -0.3 is 14.6 Å². The molecule has 0 radical (unpaired) electrons. The zero-order valence-corrected chi connectivity index (χ0v) is 17.5. The molecular formula is C23H22ClF2N3O2. The highest BCUT2D eigenvalue weighted by atomic mass is 35.5. The third kappa shape index (κ3) is 5.11. The Morgan fingerprint density at radius 1 is 1.19 bits per heavy atom. The van der Waals surface area contributed by atoms with Crippen LogP contribution in [0.25, 0.3) is 11.5 Å². The van der Waals surface area contributed by atoms with E-state index in [4.69, 9.17) is 16.0 Å². The lowest BCUT2D eigenvalue weighted by atomic mass is 9.92. The first-order valence-electron chi connectivity index (χ1n) is 10.1. The molecule has 0 unspecified atom stereocenters. The second kappa shape index (κ2) is 9.16. The van der Waals surface area contributed by atoms with E-state index >= 15 is 4.39 Å². The van der Waals surface area contributed by atoms with Crippen LogP contribution in [0, 0.1) is 5.82 Å². The van der Waals surface area contributed by atoms with E-state index in [9.17, 15) is 9.18 Å². The molecule has 1 fully saturated rings. The van der Waals surface area contributed by atoms with Crippen molar-refractivity contribution < 1.29 is 18.0 Å². The highest BCUT2D eigenvalue weighted by Gasteiger charge is 2.36. The highest BCUT2D eigenvalue weighted by molar-refractivity contribution is 6.31. The van der Waals surface area contributed by atoms with Crippen LogP contribution in [0.2, 0.25) is 5.02 Å². The largest absolute Gasteiger partial charge is 0.463 e. The van der Waals surface area contributed by atoms with Gasteiger partial charge in [0.2, 0.25) is 0 Å². The van der Waals surface area contributed by atoms with E-state index in [1.54, 1.807) is 17.2 Å². The molecule has 2 aromatic heterocycles. The SMILES string of the molecule is O=C(c1ccc(F)c(Cl)c1)N1CCC(F)(CNCc2cccc(-c3ccco3)n2)CC1. The van der Waals surface area contributed by atoms with E-state index in [1.165, 1.54) is 12.1 Å². The van der Waals surface area contributed by atoms with Crippen LogP contribution >= 0.6 is 11.6 Å². The maximum Gasteiger partial charge on any atom is 0.253 e. The summed E-state index contributed by atoms with van der Waals surface area (Å²) in [7, 11) is 0. The summed E-state index contributed by atoms with van der Waals surface area (Å²) in [5.74, 6) is -0.158. The molecule has 162 valence electrons. The molecule has 0 spiro atoms. The highest BCUT2D eigenvalue weighted by Crippen LogP contribution is 2.27. The molecule has 0 bridgehead atoms. The zero-order chi connectivity index (χ0) is 21.8. The van der Waals surface area contributed by atoms with E-state index < -0.39 is 11.5 Å². The van der Waals surface area contributed by atoms with Crippen LogP contribution < -0.4 is 5.32 Å². The Bertz CT molecular complexity index is 1050. The summed E-state index contributed by atoms with van der Waals surface area (Å²) < 4.78 is 33.9. The van der Waals surface area contributed by atoms with Gasteiger partial charge in [-0.2, -0.15) is 0 Å². The lowest BCUT2D eigenvalue weighted by Gasteiger charge is -2.36. The Kier molecular flexibility index (Phi) is 6.34. The number of nitrogens with one attached hydrogen (secondary N) is 1. The number of carbonyl (C=O) groups excluding carboxylic acids is 1. The van der Waals surface area contributed by atoms with Crippen LogP contribution in [0.1, 0.15) is 28.9 Å². The van der Waals surface area contributed by atoms with Crippen LogP contribution in [0.15, 0.2) is 59.2 Å². The van der Waals surface area contributed by atoms with Crippen molar-refractivity contribution in [1.29, 1.82) is 0 Å². The number of aromatic nitrogens is 1.